The van der Waals surface area contributed by atoms with Crippen LogP contribution in [0.25, 0.3) is 0 Å². The fourth-order valence-electron chi connectivity index (χ4n) is 1.69. The average Bonchev–Trinajstić information content (AvgIpc) is 2.56. The SMILES string of the molecule is O=C(N(C(=O)C(F)(F)F)C1CCCS1(=O)=O)C(F)(F)F. The summed E-state index contributed by atoms with van der Waals surface area (Å²) >= 11 is 0. The van der Waals surface area contributed by atoms with Gasteiger partial charge in [-0.1, -0.05) is 0 Å². The summed E-state index contributed by atoms with van der Waals surface area (Å²) in [5, 5.41) is -2.44. The molecule has 0 aromatic heterocycles. The van der Waals surface area contributed by atoms with Crippen molar-refractivity contribution in [1.29, 1.82) is 0 Å². The molecule has 1 heterocycles. The Kier molecular flexibility index (Phi) is 4.09. The maximum Gasteiger partial charge on any atom is 0.471 e. The summed E-state index contributed by atoms with van der Waals surface area (Å²) in [4.78, 5) is 20.6. The van der Waals surface area contributed by atoms with E-state index in [1.807, 2.05) is 0 Å². The van der Waals surface area contributed by atoms with E-state index in [1.165, 1.54) is 0 Å². The minimum atomic E-state index is -5.79. The molecule has 1 atom stereocenters. The monoisotopic (exact) mass is 327 g/mol. The highest BCUT2D eigenvalue weighted by Crippen LogP contribution is 2.31. The van der Waals surface area contributed by atoms with Crippen LogP contribution in [0.5, 0.6) is 0 Å². The third kappa shape index (κ3) is 3.22. The molecular weight excluding hydrogens is 320 g/mol. The summed E-state index contributed by atoms with van der Waals surface area (Å²) in [5.41, 5.74) is 0. The lowest BCUT2D eigenvalue weighted by Gasteiger charge is -2.27. The van der Waals surface area contributed by atoms with Gasteiger partial charge >= 0.3 is 24.2 Å². The number of nitrogens with zero attached hydrogens (tertiary/aromatic N) is 1. The van der Waals surface area contributed by atoms with Crippen LogP contribution in [-0.4, -0.2) is 48.6 Å². The number of hydrogen-bond donors (Lipinski definition) is 0. The molecule has 2 amide bonds. The minimum Gasteiger partial charge on any atom is -0.264 e. The fraction of sp³-hybridized carbons (Fsp3) is 0.750. The van der Waals surface area contributed by atoms with Crippen molar-refractivity contribution in [2.45, 2.75) is 30.6 Å². The lowest BCUT2D eigenvalue weighted by molar-refractivity contribution is -0.205. The average molecular weight is 327 g/mol. The number of hydrogen-bond acceptors (Lipinski definition) is 4. The number of sulfone groups is 1. The van der Waals surface area contributed by atoms with Crippen LogP contribution in [-0.2, 0) is 19.4 Å². The van der Waals surface area contributed by atoms with Crippen molar-refractivity contribution < 1.29 is 44.3 Å². The molecule has 5 nitrogen and oxygen atoms in total. The Morgan fingerprint density at radius 2 is 1.35 bits per heavy atom. The van der Waals surface area contributed by atoms with E-state index in [9.17, 15) is 44.3 Å². The molecule has 20 heavy (non-hydrogen) atoms. The van der Waals surface area contributed by atoms with E-state index in [1.54, 1.807) is 0 Å². The topological polar surface area (TPSA) is 71.5 Å². The highest BCUT2D eigenvalue weighted by Gasteiger charge is 2.57. The second-order valence-corrected chi connectivity index (χ2v) is 6.22. The predicted octanol–water partition coefficient (Wildman–Crippen LogP) is 1.00. The minimum absolute atomic E-state index is 0.236. The lowest BCUT2D eigenvalue weighted by Crippen LogP contribution is -2.55. The van der Waals surface area contributed by atoms with Gasteiger partial charge in [0.15, 0.2) is 9.84 Å². The normalized spacial score (nSPS) is 22.6. The van der Waals surface area contributed by atoms with E-state index in [0.717, 1.165) is 0 Å². The molecular formula is C8H7F6NO4S. The summed E-state index contributed by atoms with van der Waals surface area (Å²) in [5.74, 6) is -6.98. The van der Waals surface area contributed by atoms with Crippen LogP contribution in [0, 0.1) is 0 Å². The lowest BCUT2D eigenvalue weighted by atomic mass is 10.3. The molecule has 0 bridgehead atoms. The van der Waals surface area contributed by atoms with E-state index >= 15 is 0 Å². The van der Waals surface area contributed by atoms with Crippen LogP contribution in [0.3, 0.4) is 0 Å². The first-order valence-corrected chi connectivity index (χ1v) is 6.73. The van der Waals surface area contributed by atoms with Gasteiger partial charge in [0.05, 0.1) is 5.75 Å². The van der Waals surface area contributed by atoms with Crippen molar-refractivity contribution in [3.8, 4) is 0 Å². The van der Waals surface area contributed by atoms with Crippen LogP contribution in [0.2, 0.25) is 0 Å². The standard InChI is InChI=1S/C8H7F6NO4S/c9-7(10,11)5(16)15(6(17)8(12,13)14)4-2-1-3-20(4,18)19/h4H,1-3H2. The van der Waals surface area contributed by atoms with Crippen LogP contribution in [0.4, 0.5) is 26.3 Å². The van der Waals surface area contributed by atoms with Gasteiger partial charge in [-0.05, 0) is 12.8 Å². The Morgan fingerprint density at radius 3 is 1.60 bits per heavy atom. The third-order valence-corrected chi connectivity index (χ3v) is 4.64. The Labute approximate surface area is 108 Å². The van der Waals surface area contributed by atoms with E-state index in [0.29, 0.717) is 0 Å². The summed E-state index contributed by atoms with van der Waals surface area (Å²) in [6, 6.07) is 0. The largest absolute Gasteiger partial charge is 0.471 e. The first-order chi connectivity index (χ1) is 8.78. The van der Waals surface area contributed by atoms with Crippen LogP contribution in [0.1, 0.15) is 12.8 Å². The van der Waals surface area contributed by atoms with Gasteiger partial charge in [0.25, 0.3) is 0 Å². The molecule has 0 saturated carbocycles. The zero-order valence-corrected chi connectivity index (χ0v) is 10.3. The number of rotatable bonds is 1. The quantitative estimate of drug-likeness (QED) is 0.674. The van der Waals surface area contributed by atoms with E-state index in [-0.39, 0.29) is 6.42 Å². The Morgan fingerprint density at radius 1 is 0.950 bits per heavy atom. The Bertz CT molecular complexity index is 496. The highest BCUT2D eigenvalue weighted by molar-refractivity contribution is 7.92. The van der Waals surface area contributed by atoms with Gasteiger partial charge in [-0.25, -0.2) is 13.3 Å². The van der Waals surface area contributed by atoms with Gasteiger partial charge in [0, 0.05) is 0 Å². The smallest absolute Gasteiger partial charge is 0.264 e. The maximum absolute atomic E-state index is 12.2. The maximum atomic E-state index is 12.2. The zero-order chi connectivity index (χ0) is 15.9. The van der Waals surface area contributed by atoms with Crippen LogP contribution >= 0.6 is 0 Å². The fourth-order valence-corrected chi connectivity index (χ4v) is 3.57. The molecule has 1 unspecified atom stereocenters. The summed E-state index contributed by atoms with van der Waals surface area (Å²) < 4.78 is 96.3. The Balaban J connectivity index is 3.30. The molecule has 0 aliphatic carbocycles. The summed E-state index contributed by atoms with van der Waals surface area (Å²) in [6.45, 7) is 0. The first-order valence-electron chi connectivity index (χ1n) is 5.01. The van der Waals surface area contributed by atoms with Gasteiger partial charge in [-0.15, -0.1) is 0 Å². The zero-order valence-electron chi connectivity index (χ0n) is 9.45. The van der Waals surface area contributed by atoms with Gasteiger partial charge < -0.3 is 0 Å². The van der Waals surface area contributed by atoms with Gasteiger partial charge in [-0.3, -0.25) is 9.59 Å². The third-order valence-electron chi connectivity index (χ3n) is 2.51. The van der Waals surface area contributed by atoms with Crippen LogP contribution in [0.15, 0.2) is 0 Å². The highest BCUT2D eigenvalue weighted by atomic mass is 32.2. The second kappa shape index (κ2) is 4.90. The number of alkyl halides is 6. The molecule has 1 rings (SSSR count). The first kappa shape index (κ1) is 16.7. The molecule has 12 heteroatoms. The van der Waals surface area contributed by atoms with Crippen molar-refractivity contribution >= 4 is 21.7 Å². The van der Waals surface area contributed by atoms with E-state index < -0.39 is 56.5 Å². The van der Waals surface area contributed by atoms with E-state index in [4.69, 9.17) is 0 Å². The molecule has 1 fully saturated rings. The van der Waals surface area contributed by atoms with Crippen molar-refractivity contribution in [2.75, 3.05) is 5.75 Å². The number of carbonyl (C=O) groups is 2. The van der Waals surface area contributed by atoms with Gasteiger partial charge in [-0.2, -0.15) is 26.3 Å². The summed E-state index contributed by atoms with van der Waals surface area (Å²) in [6.07, 6.45) is -12.5. The summed E-state index contributed by atoms with van der Waals surface area (Å²) in [7, 11) is -4.41. The molecule has 0 aromatic carbocycles. The number of imide groups is 1. The molecule has 1 saturated heterocycles. The van der Waals surface area contributed by atoms with Crippen LogP contribution < -0.4 is 0 Å². The number of halogens is 6. The molecule has 0 aromatic rings. The molecule has 0 spiro atoms. The van der Waals surface area contributed by atoms with Crippen molar-refractivity contribution in [3.63, 3.8) is 0 Å². The second-order valence-electron chi connectivity index (χ2n) is 3.94. The van der Waals surface area contributed by atoms with Crippen molar-refractivity contribution in [3.05, 3.63) is 0 Å². The van der Waals surface area contributed by atoms with Crippen molar-refractivity contribution in [1.82, 2.24) is 4.90 Å². The predicted molar refractivity (Wildman–Crippen MR) is 50.8 cm³/mol. The molecule has 0 N–H and O–H groups in total. The molecule has 116 valence electrons. The number of amides is 2. The van der Waals surface area contributed by atoms with Gasteiger partial charge in [0.2, 0.25) is 0 Å². The molecule has 1 aliphatic rings. The Hall–Kier alpha value is -1.33. The molecule has 1 aliphatic heterocycles. The number of carbonyl (C=O) groups excluding carboxylic acids is 2. The van der Waals surface area contributed by atoms with Gasteiger partial charge in [0.1, 0.15) is 5.37 Å². The van der Waals surface area contributed by atoms with Crippen molar-refractivity contribution in [2.24, 2.45) is 0 Å². The van der Waals surface area contributed by atoms with E-state index in [2.05, 4.69) is 0 Å². The molecule has 0 radical (unpaired) electrons.